The number of imide groups is 1. The molecular formula is C21H14N2O5S2. The second-order valence-corrected chi connectivity index (χ2v) is 8.27. The van der Waals surface area contributed by atoms with E-state index < -0.39 is 23.7 Å². The molecule has 2 heterocycles. The maximum absolute atomic E-state index is 13.2. The van der Waals surface area contributed by atoms with Crippen molar-refractivity contribution in [2.45, 2.75) is 13.3 Å². The van der Waals surface area contributed by atoms with Crippen LogP contribution >= 0.6 is 24.0 Å². The summed E-state index contributed by atoms with van der Waals surface area (Å²) < 4.78 is 0.250. The summed E-state index contributed by atoms with van der Waals surface area (Å²) in [5.74, 6) is -2.40. The lowest BCUT2D eigenvalue weighted by molar-refractivity contribution is -0.136. The summed E-state index contributed by atoms with van der Waals surface area (Å²) in [5, 5.41) is 8.90. The Balaban J connectivity index is 1.76. The minimum atomic E-state index is -0.952. The lowest BCUT2D eigenvalue weighted by Crippen LogP contribution is -2.32. The van der Waals surface area contributed by atoms with E-state index in [2.05, 4.69) is 0 Å². The maximum Gasteiger partial charge on any atom is 0.307 e. The quantitative estimate of drug-likeness (QED) is 0.581. The molecule has 9 heteroatoms. The van der Waals surface area contributed by atoms with Crippen molar-refractivity contribution in [1.29, 1.82) is 0 Å². The molecule has 0 saturated carbocycles. The smallest absolute Gasteiger partial charge is 0.307 e. The lowest BCUT2D eigenvalue weighted by atomic mass is 10.1. The van der Waals surface area contributed by atoms with Crippen molar-refractivity contribution in [1.82, 2.24) is 0 Å². The zero-order chi connectivity index (χ0) is 21.6. The Morgan fingerprint density at radius 3 is 2.33 bits per heavy atom. The Kier molecular flexibility index (Phi) is 5.00. The van der Waals surface area contributed by atoms with E-state index in [1.165, 1.54) is 11.8 Å². The predicted octanol–water partition coefficient (Wildman–Crippen LogP) is 2.98. The fourth-order valence-electron chi connectivity index (χ4n) is 3.43. The average Bonchev–Trinajstić information content (AvgIpc) is 3.14. The van der Waals surface area contributed by atoms with Crippen molar-refractivity contribution >= 4 is 68.9 Å². The number of hydrogen-bond acceptors (Lipinski definition) is 6. The molecule has 2 aliphatic rings. The lowest BCUT2D eigenvalue weighted by Gasteiger charge is -2.15. The fourth-order valence-corrected chi connectivity index (χ4v) is 4.80. The largest absolute Gasteiger partial charge is 0.481 e. The molecule has 0 bridgehead atoms. The van der Waals surface area contributed by atoms with E-state index in [4.69, 9.17) is 17.3 Å². The second-order valence-electron chi connectivity index (χ2n) is 6.63. The number of nitrogens with zero attached hydrogens (tertiary/aromatic N) is 2. The Labute approximate surface area is 181 Å². The summed E-state index contributed by atoms with van der Waals surface area (Å²) >= 11 is 6.39. The zero-order valence-electron chi connectivity index (χ0n) is 15.6. The molecule has 0 unspecified atom stereocenters. The number of aliphatic carboxylic acids is 1. The number of hydrogen-bond donors (Lipinski definition) is 1. The van der Waals surface area contributed by atoms with Gasteiger partial charge < -0.3 is 5.11 Å². The Morgan fingerprint density at radius 2 is 1.70 bits per heavy atom. The van der Waals surface area contributed by atoms with Gasteiger partial charge in [-0.15, -0.1) is 0 Å². The third-order valence-corrected chi connectivity index (χ3v) is 6.07. The van der Waals surface area contributed by atoms with Crippen LogP contribution in [0.5, 0.6) is 0 Å². The number of thioether (sulfide) groups is 1. The van der Waals surface area contributed by atoms with Gasteiger partial charge in [-0.3, -0.25) is 24.1 Å². The van der Waals surface area contributed by atoms with Crippen LogP contribution in [0, 0.1) is 0 Å². The number of benzene rings is 2. The molecule has 0 radical (unpaired) electrons. The highest BCUT2D eigenvalue weighted by Crippen LogP contribution is 2.45. The summed E-state index contributed by atoms with van der Waals surface area (Å²) in [7, 11) is 0. The standard InChI is InChI=1S/C21H14N2O5S2/c1-11(24)22-15-5-3-2-4-14(15)17(19(22)27)18-20(28)23(21(29)30-18)13-8-6-12(7-9-13)10-16(25)26/h2-9H,10H2,1H3,(H,25,26). The summed E-state index contributed by atoms with van der Waals surface area (Å²) in [6.45, 7) is 1.29. The number of carboxylic acid groups (broad SMARTS) is 1. The van der Waals surface area contributed by atoms with E-state index in [1.54, 1.807) is 48.5 Å². The molecular weight excluding hydrogens is 424 g/mol. The van der Waals surface area contributed by atoms with Crippen LogP contribution in [0.4, 0.5) is 11.4 Å². The van der Waals surface area contributed by atoms with Crippen LogP contribution in [0.3, 0.4) is 0 Å². The predicted molar refractivity (Wildman–Crippen MR) is 117 cm³/mol. The molecule has 4 rings (SSSR count). The first-order valence-electron chi connectivity index (χ1n) is 8.85. The van der Waals surface area contributed by atoms with E-state index in [1.807, 2.05) is 0 Å². The van der Waals surface area contributed by atoms with Crippen LogP contribution in [0.2, 0.25) is 0 Å². The van der Waals surface area contributed by atoms with Gasteiger partial charge in [0.25, 0.3) is 11.8 Å². The Morgan fingerprint density at radius 1 is 1.03 bits per heavy atom. The Bertz CT molecular complexity index is 1170. The molecule has 0 atom stereocenters. The van der Waals surface area contributed by atoms with Crippen LogP contribution < -0.4 is 9.80 Å². The van der Waals surface area contributed by atoms with Crippen LogP contribution in [0.1, 0.15) is 18.1 Å². The number of fused-ring (bicyclic) bond motifs is 1. The molecule has 3 amide bonds. The number of rotatable bonds is 3. The van der Waals surface area contributed by atoms with Gasteiger partial charge in [-0.25, -0.2) is 4.90 Å². The van der Waals surface area contributed by atoms with Crippen LogP contribution in [-0.2, 0) is 25.6 Å². The van der Waals surface area contributed by atoms with Crippen molar-refractivity contribution in [3.05, 3.63) is 64.6 Å². The number of anilines is 2. The van der Waals surface area contributed by atoms with Crippen LogP contribution in [0.15, 0.2) is 53.4 Å². The van der Waals surface area contributed by atoms with Gasteiger partial charge in [0, 0.05) is 12.5 Å². The molecule has 150 valence electrons. The number of carbonyl (C=O) groups is 4. The van der Waals surface area contributed by atoms with E-state index >= 15 is 0 Å². The molecule has 1 saturated heterocycles. The van der Waals surface area contributed by atoms with Gasteiger partial charge in [-0.2, -0.15) is 0 Å². The van der Waals surface area contributed by atoms with Gasteiger partial charge >= 0.3 is 5.97 Å². The highest BCUT2D eigenvalue weighted by molar-refractivity contribution is 8.27. The summed E-state index contributed by atoms with van der Waals surface area (Å²) in [6, 6.07) is 13.3. The van der Waals surface area contributed by atoms with E-state index in [0.717, 1.165) is 16.7 Å². The van der Waals surface area contributed by atoms with Crippen molar-refractivity contribution < 1.29 is 24.3 Å². The number of thiocarbonyl (C=S) groups is 1. The summed E-state index contributed by atoms with van der Waals surface area (Å²) in [6.07, 6.45) is -0.130. The SMILES string of the molecule is CC(=O)N1C(=O)C(=C2SC(=S)N(c3ccc(CC(=O)O)cc3)C2=O)c2ccccc21. The Hall–Kier alpha value is -3.30. The van der Waals surface area contributed by atoms with Gasteiger partial charge in [0.15, 0.2) is 4.32 Å². The van der Waals surface area contributed by atoms with Crippen LogP contribution in [-0.4, -0.2) is 33.1 Å². The van der Waals surface area contributed by atoms with Gasteiger partial charge in [-0.1, -0.05) is 54.3 Å². The highest BCUT2D eigenvalue weighted by atomic mass is 32.2. The molecule has 2 aromatic carbocycles. The molecule has 30 heavy (non-hydrogen) atoms. The zero-order valence-corrected chi connectivity index (χ0v) is 17.3. The van der Waals surface area contributed by atoms with Gasteiger partial charge in [0.1, 0.15) is 0 Å². The second kappa shape index (κ2) is 7.51. The van der Waals surface area contributed by atoms with Gasteiger partial charge in [0.2, 0.25) is 5.91 Å². The summed E-state index contributed by atoms with van der Waals surface area (Å²) in [5.41, 5.74) is 2.17. The summed E-state index contributed by atoms with van der Waals surface area (Å²) in [4.78, 5) is 51.6. The first-order valence-corrected chi connectivity index (χ1v) is 10.1. The van der Waals surface area contributed by atoms with Gasteiger partial charge in [0.05, 0.1) is 28.3 Å². The fraction of sp³-hybridized carbons (Fsp3) is 0.0952. The average molecular weight is 438 g/mol. The minimum Gasteiger partial charge on any atom is -0.481 e. The van der Waals surface area contributed by atoms with E-state index in [-0.39, 0.29) is 21.2 Å². The first kappa shape index (κ1) is 20.0. The normalized spacial score (nSPS) is 18.2. The minimum absolute atomic E-state index is 0.130. The molecule has 1 N–H and O–H groups in total. The van der Waals surface area contributed by atoms with Crippen molar-refractivity contribution in [3.8, 4) is 0 Å². The third-order valence-electron chi connectivity index (χ3n) is 4.69. The van der Waals surface area contributed by atoms with Crippen molar-refractivity contribution in [2.24, 2.45) is 0 Å². The maximum atomic E-state index is 13.2. The van der Waals surface area contributed by atoms with Crippen molar-refractivity contribution in [3.63, 3.8) is 0 Å². The number of amides is 3. The first-order chi connectivity index (χ1) is 14.3. The monoisotopic (exact) mass is 438 g/mol. The van der Waals surface area contributed by atoms with Crippen molar-refractivity contribution in [2.75, 3.05) is 9.80 Å². The molecule has 7 nitrogen and oxygen atoms in total. The third kappa shape index (κ3) is 3.21. The molecule has 0 aromatic heterocycles. The van der Waals surface area contributed by atoms with Crippen LogP contribution in [0.25, 0.3) is 5.57 Å². The number of para-hydroxylation sites is 1. The topological polar surface area (TPSA) is 95.0 Å². The number of carboxylic acids is 1. The molecule has 0 spiro atoms. The molecule has 0 aliphatic carbocycles. The molecule has 1 fully saturated rings. The van der Waals surface area contributed by atoms with Gasteiger partial charge in [-0.05, 0) is 23.8 Å². The number of carbonyl (C=O) groups excluding carboxylic acids is 3. The molecule has 2 aromatic rings. The van der Waals surface area contributed by atoms with E-state index in [9.17, 15) is 19.2 Å². The van der Waals surface area contributed by atoms with E-state index in [0.29, 0.717) is 22.5 Å². The molecule has 2 aliphatic heterocycles. The highest BCUT2D eigenvalue weighted by Gasteiger charge is 2.43.